The molecule has 0 amide bonds. The maximum Gasteiger partial charge on any atom is 0.127 e. The van der Waals surface area contributed by atoms with Gasteiger partial charge in [0.25, 0.3) is 0 Å². The van der Waals surface area contributed by atoms with Crippen LogP contribution in [-0.4, -0.2) is 6.29 Å². The first-order valence-corrected chi connectivity index (χ1v) is 1.97. The molecule has 0 aliphatic heterocycles. The summed E-state index contributed by atoms with van der Waals surface area (Å²) in [7, 11) is 0. The Bertz CT molecular complexity index is 94.1. The van der Waals surface area contributed by atoms with E-state index in [1.54, 1.807) is 0 Å². The number of aldehydes is 1. The number of carbonyl (C=O) groups excluding carboxylic acids is 1. The van der Waals surface area contributed by atoms with Gasteiger partial charge in [0, 0.05) is 5.92 Å². The summed E-state index contributed by atoms with van der Waals surface area (Å²) in [6, 6.07) is 0. The molecule has 1 aliphatic rings. The van der Waals surface area contributed by atoms with Gasteiger partial charge < -0.3 is 4.79 Å². The van der Waals surface area contributed by atoms with Gasteiger partial charge in [0.2, 0.25) is 0 Å². The van der Waals surface area contributed by atoms with E-state index in [4.69, 9.17) is 0 Å². The zero-order valence-corrected chi connectivity index (χ0v) is 3.48. The molecule has 0 spiro atoms. The molecule has 6 heavy (non-hydrogen) atoms. The Hall–Kier alpha value is -0.590. The lowest BCUT2D eigenvalue weighted by atomic mass is 10.5. The van der Waals surface area contributed by atoms with Gasteiger partial charge in [-0.1, -0.05) is 12.2 Å². The maximum absolute atomic E-state index is 9.72. The second-order valence-corrected chi connectivity index (χ2v) is 1.60. The highest BCUT2D eigenvalue weighted by molar-refractivity contribution is 5.65. The monoisotopic (exact) mass is 82.0 g/mol. The quantitative estimate of drug-likeness (QED) is 0.337. The van der Waals surface area contributed by atoms with Crippen LogP contribution in [0.2, 0.25) is 0 Å². The van der Waals surface area contributed by atoms with Crippen molar-refractivity contribution in [2.24, 2.45) is 5.92 Å². The van der Waals surface area contributed by atoms with Crippen molar-refractivity contribution in [1.82, 2.24) is 0 Å². The van der Waals surface area contributed by atoms with E-state index in [2.05, 4.69) is 6.58 Å². The van der Waals surface area contributed by atoms with Crippen LogP contribution < -0.4 is 0 Å². The molecule has 0 aromatic heterocycles. The van der Waals surface area contributed by atoms with E-state index in [-0.39, 0.29) is 5.92 Å². The van der Waals surface area contributed by atoms with Crippen molar-refractivity contribution >= 4 is 6.29 Å². The number of allylic oxidation sites excluding steroid dienone is 1. The predicted molar refractivity (Wildman–Crippen MR) is 23.3 cm³/mol. The zero-order valence-electron chi connectivity index (χ0n) is 3.48. The van der Waals surface area contributed by atoms with Gasteiger partial charge in [-0.3, -0.25) is 0 Å². The summed E-state index contributed by atoms with van der Waals surface area (Å²) in [6.45, 7) is 3.59. The smallest absolute Gasteiger partial charge is 0.127 e. The van der Waals surface area contributed by atoms with E-state index in [9.17, 15) is 4.79 Å². The third-order valence-corrected chi connectivity index (χ3v) is 1.01. The molecule has 0 radical (unpaired) electrons. The molecule has 32 valence electrons. The lowest BCUT2D eigenvalue weighted by Crippen LogP contribution is -1.68. The number of hydrogen-bond acceptors (Lipinski definition) is 1. The summed E-state index contributed by atoms with van der Waals surface area (Å²) < 4.78 is 0. The molecule has 1 atom stereocenters. The van der Waals surface area contributed by atoms with Crippen LogP contribution in [-0.2, 0) is 4.79 Å². The Morgan fingerprint density at radius 2 is 2.50 bits per heavy atom. The lowest BCUT2D eigenvalue weighted by molar-refractivity contribution is -0.108. The largest absolute Gasteiger partial charge is 0.303 e. The van der Waals surface area contributed by atoms with Gasteiger partial charge in [0.15, 0.2) is 0 Å². The predicted octanol–water partition coefficient (Wildman–Crippen LogP) is 0.761. The van der Waals surface area contributed by atoms with Crippen LogP contribution in [0.3, 0.4) is 0 Å². The highest BCUT2D eigenvalue weighted by atomic mass is 16.1. The van der Waals surface area contributed by atoms with Crippen molar-refractivity contribution < 1.29 is 4.79 Å². The average molecular weight is 82.1 g/mol. The Morgan fingerprint density at radius 1 is 2.00 bits per heavy atom. The standard InChI is InChI=1S/C5H6O/c1-4-2-5(4)3-6/h3,5H,1-2H2/t5-/m1/s1. The SMILES string of the molecule is C=C1C[C@@H]1C=O. The summed E-state index contributed by atoms with van der Waals surface area (Å²) in [5.74, 6) is 0.227. The van der Waals surface area contributed by atoms with E-state index in [1.165, 1.54) is 0 Å². The summed E-state index contributed by atoms with van der Waals surface area (Å²) in [5.41, 5.74) is 1.09. The number of rotatable bonds is 1. The Balaban J connectivity index is 2.44. The van der Waals surface area contributed by atoms with Crippen LogP contribution in [0.1, 0.15) is 6.42 Å². The van der Waals surface area contributed by atoms with Gasteiger partial charge in [0.05, 0.1) is 0 Å². The minimum Gasteiger partial charge on any atom is -0.303 e. The van der Waals surface area contributed by atoms with Crippen molar-refractivity contribution in [3.63, 3.8) is 0 Å². The third-order valence-electron chi connectivity index (χ3n) is 1.01. The van der Waals surface area contributed by atoms with Crippen molar-refractivity contribution in [2.45, 2.75) is 6.42 Å². The second kappa shape index (κ2) is 0.934. The van der Waals surface area contributed by atoms with Gasteiger partial charge in [-0.25, -0.2) is 0 Å². The second-order valence-electron chi connectivity index (χ2n) is 1.60. The van der Waals surface area contributed by atoms with Gasteiger partial charge in [0.1, 0.15) is 6.29 Å². The fourth-order valence-corrected chi connectivity index (χ4v) is 0.368. The van der Waals surface area contributed by atoms with Crippen LogP contribution in [0.4, 0.5) is 0 Å². The van der Waals surface area contributed by atoms with Crippen molar-refractivity contribution in [3.05, 3.63) is 12.2 Å². The van der Waals surface area contributed by atoms with E-state index in [0.717, 1.165) is 18.3 Å². The molecule has 0 heterocycles. The molecule has 0 aromatic carbocycles. The maximum atomic E-state index is 9.72. The summed E-state index contributed by atoms with van der Waals surface area (Å²) >= 11 is 0. The first kappa shape index (κ1) is 3.59. The van der Waals surface area contributed by atoms with Crippen molar-refractivity contribution in [3.8, 4) is 0 Å². The minimum atomic E-state index is 0.227. The Labute approximate surface area is 36.7 Å². The number of hydrogen-bond donors (Lipinski definition) is 0. The molecule has 1 fully saturated rings. The van der Waals surface area contributed by atoms with Crippen molar-refractivity contribution in [1.29, 1.82) is 0 Å². The third kappa shape index (κ3) is 0.361. The van der Waals surface area contributed by atoms with Gasteiger partial charge in [-0.05, 0) is 6.42 Å². The van der Waals surface area contributed by atoms with Crippen LogP contribution in [0.5, 0.6) is 0 Å². The van der Waals surface area contributed by atoms with E-state index >= 15 is 0 Å². The fourth-order valence-electron chi connectivity index (χ4n) is 0.368. The first-order valence-electron chi connectivity index (χ1n) is 1.97. The number of carbonyl (C=O) groups is 1. The zero-order chi connectivity index (χ0) is 4.57. The lowest BCUT2D eigenvalue weighted by Gasteiger charge is -1.59. The van der Waals surface area contributed by atoms with Crippen LogP contribution in [0.25, 0.3) is 0 Å². The average Bonchev–Trinajstić information content (AvgIpc) is 2.19. The van der Waals surface area contributed by atoms with Gasteiger partial charge in [-0.15, -0.1) is 0 Å². The van der Waals surface area contributed by atoms with E-state index < -0.39 is 0 Å². The minimum absolute atomic E-state index is 0.227. The molecule has 1 rings (SSSR count). The normalized spacial score (nSPS) is 30.0. The molecular weight excluding hydrogens is 76.1 g/mol. The molecule has 0 N–H and O–H groups in total. The molecule has 1 aliphatic carbocycles. The van der Waals surface area contributed by atoms with Crippen LogP contribution in [0, 0.1) is 5.92 Å². The molecule has 0 unspecified atom stereocenters. The van der Waals surface area contributed by atoms with E-state index in [0.29, 0.717) is 0 Å². The highest BCUT2D eigenvalue weighted by Crippen LogP contribution is 2.32. The molecule has 1 heteroatoms. The fraction of sp³-hybridized carbons (Fsp3) is 0.400. The van der Waals surface area contributed by atoms with Crippen LogP contribution >= 0.6 is 0 Å². The van der Waals surface area contributed by atoms with E-state index in [1.807, 2.05) is 0 Å². The van der Waals surface area contributed by atoms with Gasteiger partial charge in [-0.2, -0.15) is 0 Å². The summed E-state index contributed by atoms with van der Waals surface area (Å²) in [5, 5.41) is 0. The molecule has 0 aromatic rings. The van der Waals surface area contributed by atoms with Crippen LogP contribution in [0.15, 0.2) is 12.2 Å². The summed E-state index contributed by atoms with van der Waals surface area (Å²) in [6.07, 6.45) is 1.88. The van der Waals surface area contributed by atoms with Crippen molar-refractivity contribution in [2.75, 3.05) is 0 Å². The first-order chi connectivity index (χ1) is 2.84. The molecule has 1 saturated carbocycles. The molecule has 0 saturated heterocycles. The van der Waals surface area contributed by atoms with Gasteiger partial charge >= 0.3 is 0 Å². The molecular formula is C5H6O. The summed E-state index contributed by atoms with van der Waals surface area (Å²) in [4.78, 5) is 9.72. The molecule has 1 nitrogen and oxygen atoms in total. The Morgan fingerprint density at radius 3 is 2.50 bits per heavy atom. The topological polar surface area (TPSA) is 17.1 Å². The highest BCUT2D eigenvalue weighted by Gasteiger charge is 2.25. The molecule has 0 bridgehead atoms. The Kier molecular flexibility index (Phi) is 0.560.